The topological polar surface area (TPSA) is 129 Å². The molecule has 0 saturated carbocycles. The van der Waals surface area contributed by atoms with Crippen LogP contribution in [0.1, 0.15) is 0 Å². The molecular weight excluding hydrogens is 184 g/mol. The Balaban J connectivity index is 2.40. The standard InChI is InChI=1S/C6H6N8/c7-4-2-1-3(9-10-4)5-11-13-6(8)14-12-5/h1-2H,(H2,7,10)(H2,8,13,14). The number of aromatic nitrogens is 6. The van der Waals surface area contributed by atoms with Gasteiger partial charge in [0.2, 0.25) is 5.82 Å². The minimum Gasteiger partial charge on any atom is -0.382 e. The molecule has 0 aliphatic carbocycles. The highest BCUT2D eigenvalue weighted by Gasteiger charge is 2.04. The van der Waals surface area contributed by atoms with E-state index in [-0.39, 0.29) is 11.8 Å². The fourth-order valence-corrected chi connectivity index (χ4v) is 0.801. The molecular formula is C6H6N8. The van der Waals surface area contributed by atoms with Crippen LogP contribution in [0.2, 0.25) is 0 Å². The number of nitrogens with zero attached hydrogens (tertiary/aromatic N) is 6. The molecule has 0 unspecified atom stereocenters. The minimum absolute atomic E-state index is 0.0113. The number of hydrogen-bond acceptors (Lipinski definition) is 8. The molecule has 0 radical (unpaired) electrons. The molecule has 0 amide bonds. The normalized spacial score (nSPS) is 10.0. The van der Waals surface area contributed by atoms with E-state index in [1.807, 2.05) is 0 Å². The van der Waals surface area contributed by atoms with Crippen LogP contribution in [-0.4, -0.2) is 30.6 Å². The summed E-state index contributed by atoms with van der Waals surface area (Å²) in [5.74, 6) is 0.592. The molecule has 4 N–H and O–H groups in total. The third-order valence-corrected chi connectivity index (χ3v) is 1.41. The smallest absolute Gasteiger partial charge is 0.259 e. The molecule has 70 valence electrons. The van der Waals surface area contributed by atoms with Gasteiger partial charge >= 0.3 is 0 Å². The van der Waals surface area contributed by atoms with Crippen LogP contribution in [0.15, 0.2) is 12.1 Å². The van der Waals surface area contributed by atoms with E-state index in [0.29, 0.717) is 11.5 Å². The molecule has 2 rings (SSSR count). The fourth-order valence-electron chi connectivity index (χ4n) is 0.801. The maximum Gasteiger partial charge on any atom is 0.259 e. The summed E-state index contributed by atoms with van der Waals surface area (Å²) in [4.78, 5) is 0. The predicted molar refractivity (Wildman–Crippen MR) is 47.5 cm³/mol. The summed E-state index contributed by atoms with van der Waals surface area (Å²) >= 11 is 0. The molecule has 8 heteroatoms. The lowest BCUT2D eigenvalue weighted by molar-refractivity contribution is 0.867. The van der Waals surface area contributed by atoms with Crippen molar-refractivity contribution in [1.29, 1.82) is 0 Å². The summed E-state index contributed by atoms with van der Waals surface area (Å²) in [6, 6.07) is 3.21. The largest absolute Gasteiger partial charge is 0.382 e. The first-order valence-corrected chi connectivity index (χ1v) is 3.68. The first kappa shape index (κ1) is 8.23. The Morgan fingerprint density at radius 2 is 1.50 bits per heavy atom. The predicted octanol–water partition coefficient (Wildman–Crippen LogP) is -1.11. The Morgan fingerprint density at radius 1 is 0.786 bits per heavy atom. The second kappa shape index (κ2) is 3.17. The molecule has 0 saturated heterocycles. The second-order valence-corrected chi connectivity index (χ2v) is 2.43. The van der Waals surface area contributed by atoms with Crippen molar-refractivity contribution in [3.63, 3.8) is 0 Å². The zero-order valence-corrected chi connectivity index (χ0v) is 6.99. The average molecular weight is 190 g/mol. The lowest BCUT2D eigenvalue weighted by atomic mass is 10.4. The monoisotopic (exact) mass is 190 g/mol. The van der Waals surface area contributed by atoms with E-state index in [0.717, 1.165) is 0 Å². The highest BCUT2D eigenvalue weighted by Crippen LogP contribution is 2.08. The summed E-state index contributed by atoms with van der Waals surface area (Å²) in [6.07, 6.45) is 0. The first-order chi connectivity index (χ1) is 6.75. The van der Waals surface area contributed by atoms with Gasteiger partial charge in [-0.15, -0.1) is 30.6 Å². The van der Waals surface area contributed by atoms with E-state index in [9.17, 15) is 0 Å². The van der Waals surface area contributed by atoms with Crippen molar-refractivity contribution in [2.24, 2.45) is 0 Å². The number of nitrogen functional groups attached to an aromatic ring is 2. The van der Waals surface area contributed by atoms with Gasteiger partial charge in [0.1, 0.15) is 11.5 Å². The molecule has 0 aromatic carbocycles. The van der Waals surface area contributed by atoms with Crippen molar-refractivity contribution >= 4 is 11.8 Å². The zero-order chi connectivity index (χ0) is 9.97. The maximum atomic E-state index is 5.36. The number of rotatable bonds is 1. The van der Waals surface area contributed by atoms with Gasteiger partial charge in [-0.2, -0.15) is 0 Å². The molecule has 0 atom stereocenters. The van der Waals surface area contributed by atoms with Gasteiger partial charge in [0.15, 0.2) is 0 Å². The molecule has 2 aromatic heterocycles. The lowest BCUT2D eigenvalue weighted by Crippen LogP contribution is -2.03. The Hall–Kier alpha value is -2.38. The zero-order valence-electron chi connectivity index (χ0n) is 6.99. The van der Waals surface area contributed by atoms with E-state index in [2.05, 4.69) is 30.6 Å². The van der Waals surface area contributed by atoms with E-state index >= 15 is 0 Å². The van der Waals surface area contributed by atoms with Crippen molar-refractivity contribution < 1.29 is 0 Å². The van der Waals surface area contributed by atoms with Crippen LogP contribution in [0, 0.1) is 0 Å². The summed E-state index contributed by atoms with van der Waals surface area (Å²) in [5, 5.41) is 21.8. The quantitative estimate of drug-likeness (QED) is 0.578. The van der Waals surface area contributed by atoms with Crippen molar-refractivity contribution in [2.45, 2.75) is 0 Å². The molecule has 0 aliphatic rings. The molecule has 2 heterocycles. The minimum atomic E-state index is 0.0113. The van der Waals surface area contributed by atoms with Crippen molar-refractivity contribution in [3.8, 4) is 11.5 Å². The molecule has 2 aromatic rings. The summed E-state index contributed by atoms with van der Waals surface area (Å²) < 4.78 is 0. The average Bonchev–Trinajstić information content (AvgIpc) is 2.21. The maximum absolute atomic E-state index is 5.36. The Morgan fingerprint density at radius 3 is 2.07 bits per heavy atom. The van der Waals surface area contributed by atoms with Gasteiger partial charge in [0, 0.05) is 0 Å². The number of anilines is 2. The van der Waals surface area contributed by atoms with Crippen LogP contribution in [0.5, 0.6) is 0 Å². The van der Waals surface area contributed by atoms with E-state index in [1.165, 1.54) is 0 Å². The number of hydrogen-bond donors (Lipinski definition) is 2. The van der Waals surface area contributed by atoms with E-state index < -0.39 is 0 Å². The fraction of sp³-hybridized carbons (Fsp3) is 0. The summed E-state index contributed by atoms with van der Waals surface area (Å²) in [5.41, 5.74) is 11.0. The summed E-state index contributed by atoms with van der Waals surface area (Å²) in [7, 11) is 0. The third kappa shape index (κ3) is 1.53. The van der Waals surface area contributed by atoms with Gasteiger partial charge in [-0.3, -0.25) is 0 Å². The first-order valence-electron chi connectivity index (χ1n) is 3.68. The molecule has 0 fully saturated rings. The van der Waals surface area contributed by atoms with Crippen LogP contribution in [0.25, 0.3) is 11.5 Å². The Labute approximate surface area is 78.4 Å². The van der Waals surface area contributed by atoms with Crippen LogP contribution in [0.4, 0.5) is 11.8 Å². The molecule has 8 nitrogen and oxygen atoms in total. The third-order valence-electron chi connectivity index (χ3n) is 1.41. The Bertz CT molecular complexity index is 377. The molecule has 14 heavy (non-hydrogen) atoms. The second-order valence-electron chi connectivity index (χ2n) is 2.43. The van der Waals surface area contributed by atoms with Gasteiger partial charge in [0.05, 0.1) is 0 Å². The van der Waals surface area contributed by atoms with Crippen molar-refractivity contribution in [1.82, 2.24) is 30.6 Å². The van der Waals surface area contributed by atoms with Crippen LogP contribution in [-0.2, 0) is 0 Å². The van der Waals surface area contributed by atoms with Gasteiger partial charge < -0.3 is 11.5 Å². The molecule has 0 aliphatic heterocycles. The highest BCUT2D eigenvalue weighted by molar-refractivity contribution is 5.48. The van der Waals surface area contributed by atoms with E-state index in [1.54, 1.807) is 12.1 Å². The van der Waals surface area contributed by atoms with Crippen molar-refractivity contribution in [2.75, 3.05) is 11.5 Å². The molecule has 0 bridgehead atoms. The Kier molecular flexibility index (Phi) is 1.86. The van der Waals surface area contributed by atoms with E-state index in [4.69, 9.17) is 11.5 Å². The van der Waals surface area contributed by atoms with Gasteiger partial charge in [-0.1, -0.05) is 0 Å². The molecule has 0 spiro atoms. The van der Waals surface area contributed by atoms with Gasteiger partial charge in [-0.25, -0.2) is 0 Å². The lowest BCUT2D eigenvalue weighted by Gasteiger charge is -1.95. The number of nitrogens with two attached hydrogens (primary N) is 2. The van der Waals surface area contributed by atoms with Crippen LogP contribution >= 0.6 is 0 Å². The van der Waals surface area contributed by atoms with Crippen LogP contribution < -0.4 is 11.5 Å². The van der Waals surface area contributed by atoms with Gasteiger partial charge in [0.25, 0.3) is 5.95 Å². The van der Waals surface area contributed by atoms with Crippen LogP contribution in [0.3, 0.4) is 0 Å². The van der Waals surface area contributed by atoms with Gasteiger partial charge in [-0.05, 0) is 12.1 Å². The van der Waals surface area contributed by atoms with Crippen molar-refractivity contribution in [3.05, 3.63) is 12.1 Å². The highest BCUT2D eigenvalue weighted by atomic mass is 15.3. The summed E-state index contributed by atoms with van der Waals surface area (Å²) in [6.45, 7) is 0. The SMILES string of the molecule is Nc1ccc(-c2nnc(N)nn2)nn1.